The minimum absolute atomic E-state index is 0.175. The number of carboxylic acid groups (broad SMARTS) is 1. The zero-order valence-electron chi connectivity index (χ0n) is 10.9. The topological polar surface area (TPSA) is 80.9 Å². The molecule has 1 N–H and O–H groups in total. The highest BCUT2D eigenvalue weighted by atomic mass is 35.5. The molecule has 0 saturated heterocycles. The van der Waals surface area contributed by atoms with Crippen molar-refractivity contribution in [3.63, 3.8) is 0 Å². The Bertz CT molecular complexity index is 568. The van der Waals surface area contributed by atoms with Gasteiger partial charge in [-0.15, -0.1) is 5.10 Å². The lowest BCUT2D eigenvalue weighted by molar-refractivity contribution is -0.137. The van der Waals surface area contributed by atoms with Crippen LogP contribution in [-0.4, -0.2) is 31.3 Å². The van der Waals surface area contributed by atoms with Gasteiger partial charge in [0.05, 0.1) is 0 Å². The number of hydrogen-bond acceptors (Lipinski definition) is 4. The molecular formula is C13H15ClN4O2. The highest BCUT2D eigenvalue weighted by molar-refractivity contribution is 6.30. The first-order valence-electron chi connectivity index (χ1n) is 6.36. The van der Waals surface area contributed by atoms with Gasteiger partial charge in [0.25, 0.3) is 0 Å². The Hall–Kier alpha value is -1.95. The summed E-state index contributed by atoms with van der Waals surface area (Å²) in [6.45, 7) is 0.628. The van der Waals surface area contributed by atoms with Gasteiger partial charge in [0.15, 0.2) is 5.82 Å². The van der Waals surface area contributed by atoms with Crippen molar-refractivity contribution in [2.75, 3.05) is 0 Å². The van der Waals surface area contributed by atoms with E-state index in [1.54, 1.807) is 4.68 Å². The number of tetrazole rings is 1. The minimum atomic E-state index is -0.775. The summed E-state index contributed by atoms with van der Waals surface area (Å²) in [5.74, 6) is -0.00856. The highest BCUT2D eigenvalue weighted by Gasteiger charge is 2.07. The molecule has 0 spiro atoms. The molecule has 2 rings (SSSR count). The molecule has 20 heavy (non-hydrogen) atoms. The molecule has 0 unspecified atom stereocenters. The molecule has 7 heteroatoms. The Kier molecular flexibility index (Phi) is 5.06. The van der Waals surface area contributed by atoms with Gasteiger partial charge in [-0.2, -0.15) is 0 Å². The highest BCUT2D eigenvalue weighted by Crippen LogP contribution is 2.12. The first kappa shape index (κ1) is 14.5. The van der Waals surface area contributed by atoms with E-state index in [0.29, 0.717) is 24.4 Å². The van der Waals surface area contributed by atoms with Crippen molar-refractivity contribution in [2.24, 2.45) is 0 Å². The molecule has 0 fully saturated rings. The second-order valence-electron chi connectivity index (χ2n) is 4.47. The predicted molar refractivity (Wildman–Crippen MR) is 73.6 cm³/mol. The Morgan fingerprint density at radius 2 is 2.00 bits per heavy atom. The van der Waals surface area contributed by atoms with Crippen LogP contribution in [0, 0.1) is 0 Å². The van der Waals surface area contributed by atoms with Crippen LogP contribution in [0.15, 0.2) is 24.3 Å². The van der Waals surface area contributed by atoms with E-state index in [-0.39, 0.29) is 6.42 Å². The third-order valence-corrected chi connectivity index (χ3v) is 3.14. The number of aryl methyl sites for hydroxylation is 1. The number of nitrogens with zero attached hydrogens (tertiary/aromatic N) is 4. The van der Waals surface area contributed by atoms with E-state index in [1.807, 2.05) is 24.3 Å². The van der Waals surface area contributed by atoms with Crippen molar-refractivity contribution in [2.45, 2.75) is 32.2 Å². The van der Waals surface area contributed by atoms with Gasteiger partial charge in [-0.1, -0.05) is 23.7 Å². The number of carboxylic acids is 1. The Labute approximate surface area is 121 Å². The number of carbonyl (C=O) groups is 1. The largest absolute Gasteiger partial charge is 0.481 e. The number of benzene rings is 1. The monoisotopic (exact) mass is 294 g/mol. The van der Waals surface area contributed by atoms with E-state index in [2.05, 4.69) is 15.5 Å². The molecule has 0 radical (unpaired) electrons. The number of unbranched alkanes of at least 4 members (excludes halogenated alkanes) is 1. The minimum Gasteiger partial charge on any atom is -0.481 e. The number of hydrogen-bond donors (Lipinski definition) is 1. The summed E-state index contributed by atoms with van der Waals surface area (Å²) >= 11 is 5.84. The van der Waals surface area contributed by atoms with Gasteiger partial charge in [-0.3, -0.25) is 4.79 Å². The summed E-state index contributed by atoms with van der Waals surface area (Å²) in [7, 11) is 0. The van der Waals surface area contributed by atoms with Gasteiger partial charge in [-0.05, 0) is 41.0 Å². The molecule has 0 aliphatic heterocycles. The second kappa shape index (κ2) is 7.00. The van der Waals surface area contributed by atoms with Crippen LogP contribution < -0.4 is 0 Å². The molecule has 0 aliphatic rings. The fraction of sp³-hybridized carbons (Fsp3) is 0.385. The van der Waals surface area contributed by atoms with E-state index >= 15 is 0 Å². The lowest BCUT2D eigenvalue weighted by atomic mass is 10.1. The van der Waals surface area contributed by atoms with E-state index in [1.165, 1.54) is 0 Å². The molecule has 2 aromatic rings. The average Bonchev–Trinajstić information content (AvgIpc) is 2.85. The zero-order valence-corrected chi connectivity index (χ0v) is 11.6. The summed E-state index contributed by atoms with van der Waals surface area (Å²) in [5.41, 5.74) is 1.08. The number of halogens is 1. The van der Waals surface area contributed by atoms with Crippen molar-refractivity contribution >= 4 is 17.6 Å². The van der Waals surface area contributed by atoms with Crippen molar-refractivity contribution < 1.29 is 9.90 Å². The molecule has 0 amide bonds. The molecule has 1 heterocycles. The normalized spacial score (nSPS) is 10.7. The molecule has 1 aromatic carbocycles. The van der Waals surface area contributed by atoms with Crippen LogP contribution in [0.4, 0.5) is 0 Å². The quantitative estimate of drug-likeness (QED) is 0.792. The van der Waals surface area contributed by atoms with Crippen molar-refractivity contribution in [3.8, 4) is 0 Å². The standard InChI is InChI=1S/C13H15ClN4O2/c14-11-6-4-10(5-7-11)9-12-15-16-17-18(12)8-2-1-3-13(19)20/h4-7H,1-3,8-9H2,(H,19,20). The fourth-order valence-corrected chi connectivity index (χ4v) is 1.97. The Morgan fingerprint density at radius 1 is 1.25 bits per heavy atom. The van der Waals surface area contributed by atoms with Crippen LogP contribution in [0.25, 0.3) is 0 Å². The van der Waals surface area contributed by atoms with E-state index in [0.717, 1.165) is 17.8 Å². The van der Waals surface area contributed by atoms with Crippen molar-refractivity contribution in [1.29, 1.82) is 0 Å². The molecule has 6 nitrogen and oxygen atoms in total. The lowest BCUT2D eigenvalue weighted by Crippen LogP contribution is -2.07. The summed E-state index contributed by atoms with van der Waals surface area (Å²) < 4.78 is 1.72. The molecule has 1 aromatic heterocycles. The zero-order chi connectivity index (χ0) is 14.4. The third kappa shape index (κ3) is 4.31. The van der Waals surface area contributed by atoms with Gasteiger partial charge in [0.1, 0.15) is 0 Å². The van der Waals surface area contributed by atoms with Crippen LogP contribution in [-0.2, 0) is 17.8 Å². The Morgan fingerprint density at radius 3 is 2.70 bits per heavy atom. The number of rotatable bonds is 7. The first-order valence-corrected chi connectivity index (χ1v) is 6.74. The fourth-order valence-electron chi connectivity index (χ4n) is 1.85. The van der Waals surface area contributed by atoms with E-state index in [4.69, 9.17) is 16.7 Å². The molecule has 0 aliphatic carbocycles. The molecule has 0 saturated carbocycles. The molecule has 0 atom stereocenters. The summed E-state index contributed by atoms with van der Waals surface area (Å²) in [6.07, 6.45) is 2.16. The van der Waals surface area contributed by atoms with Gasteiger partial charge >= 0.3 is 5.97 Å². The maximum absolute atomic E-state index is 10.4. The first-order chi connectivity index (χ1) is 9.65. The second-order valence-corrected chi connectivity index (χ2v) is 4.91. The molecular weight excluding hydrogens is 280 g/mol. The van der Waals surface area contributed by atoms with Crippen LogP contribution in [0.2, 0.25) is 5.02 Å². The lowest BCUT2D eigenvalue weighted by Gasteiger charge is -2.04. The summed E-state index contributed by atoms with van der Waals surface area (Å²) in [4.78, 5) is 10.4. The van der Waals surface area contributed by atoms with Crippen LogP contribution in [0.1, 0.15) is 30.7 Å². The maximum atomic E-state index is 10.4. The predicted octanol–water partition coefficient (Wildman–Crippen LogP) is 2.17. The third-order valence-electron chi connectivity index (χ3n) is 2.89. The van der Waals surface area contributed by atoms with Gasteiger partial charge < -0.3 is 5.11 Å². The molecule has 106 valence electrons. The Balaban J connectivity index is 1.91. The summed E-state index contributed by atoms with van der Waals surface area (Å²) in [5, 5.41) is 20.9. The van der Waals surface area contributed by atoms with Crippen molar-refractivity contribution in [3.05, 3.63) is 40.7 Å². The van der Waals surface area contributed by atoms with Crippen molar-refractivity contribution in [1.82, 2.24) is 20.2 Å². The van der Waals surface area contributed by atoms with Crippen LogP contribution in [0.5, 0.6) is 0 Å². The van der Waals surface area contributed by atoms with Gasteiger partial charge in [-0.25, -0.2) is 4.68 Å². The summed E-state index contributed by atoms with van der Waals surface area (Å²) in [6, 6.07) is 7.54. The molecule has 0 bridgehead atoms. The number of aliphatic carboxylic acids is 1. The van der Waals surface area contributed by atoms with Gasteiger partial charge in [0, 0.05) is 24.4 Å². The number of aromatic nitrogens is 4. The van der Waals surface area contributed by atoms with Gasteiger partial charge in [0.2, 0.25) is 0 Å². The van der Waals surface area contributed by atoms with Crippen LogP contribution in [0.3, 0.4) is 0 Å². The smallest absolute Gasteiger partial charge is 0.303 e. The average molecular weight is 295 g/mol. The van der Waals surface area contributed by atoms with E-state index < -0.39 is 5.97 Å². The maximum Gasteiger partial charge on any atom is 0.303 e. The van der Waals surface area contributed by atoms with Crippen LogP contribution >= 0.6 is 11.6 Å². The van der Waals surface area contributed by atoms with E-state index in [9.17, 15) is 4.79 Å². The SMILES string of the molecule is O=C(O)CCCCn1nnnc1Cc1ccc(Cl)cc1.